The summed E-state index contributed by atoms with van der Waals surface area (Å²) >= 11 is 0. The summed E-state index contributed by atoms with van der Waals surface area (Å²) in [5.41, 5.74) is 7.07. The van der Waals surface area contributed by atoms with E-state index in [2.05, 4.69) is 4.72 Å². The maximum atomic E-state index is 13.0. The van der Waals surface area contributed by atoms with Crippen LogP contribution in [0, 0.1) is 5.92 Å². The van der Waals surface area contributed by atoms with E-state index in [1.54, 1.807) is 42.3 Å². The minimum absolute atomic E-state index is 0. The van der Waals surface area contributed by atoms with E-state index in [-0.39, 0.29) is 35.2 Å². The molecule has 2 unspecified atom stereocenters. The summed E-state index contributed by atoms with van der Waals surface area (Å²) in [5, 5.41) is 1.29. The summed E-state index contributed by atoms with van der Waals surface area (Å²) in [6.07, 6.45) is 2.74. The third-order valence-electron chi connectivity index (χ3n) is 5.43. The number of amides is 1. The van der Waals surface area contributed by atoms with E-state index in [0.29, 0.717) is 22.9 Å². The Balaban J connectivity index is 0.00000196. The monoisotopic (exact) mass is 395 g/mol. The molecular weight excluding hydrogens is 374 g/mol. The molecular formula is C18H22ClN3O3S. The van der Waals surface area contributed by atoms with E-state index in [1.165, 1.54) is 0 Å². The molecule has 1 fully saturated rings. The molecule has 0 saturated heterocycles. The van der Waals surface area contributed by atoms with Crippen molar-refractivity contribution in [1.82, 2.24) is 4.72 Å². The summed E-state index contributed by atoms with van der Waals surface area (Å²) in [6, 6.07) is 8.41. The third-order valence-corrected chi connectivity index (χ3v) is 6.98. The van der Waals surface area contributed by atoms with Crippen LogP contribution in [0.5, 0.6) is 0 Å². The predicted octanol–water partition coefficient (Wildman–Crippen LogP) is 2.26. The van der Waals surface area contributed by atoms with Crippen molar-refractivity contribution in [1.29, 1.82) is 0 Å². The molecule has 1 aliphatic heterocycles. The lowest BCUT2D eigenvalue weighted by Gasteiger charge is -2.20. The molecule has 2 atom stereocenters. The highest BCUT2D eigenvalue weighted by molar-refractivity contribution is 7.89. The molecule has 8 heteroatoms. The van der Waals surface area contributed by atoms with E-state index in [9.17, 15) is 13.2 Å². The topological polar surface area (TPSA) is 92.5 Å². The molecule has 4 rings (SSSR count). The molecule has 1 amide bonds. The summed E-state index contributed by atoms with van der Waals surface area (Å²) in [6.45, 7) is 0.482. The van der Waals surface area contributed by atoms with Gasteiger partial charge in [-0.15, -0.1) is 12.4 Å². The Kier molecular flexibility index (Phi) is 5.00. The van der Waals surface area contributed by atoms with Crippen molar-refractivity contribution in [3.8, 4) is 0 Å². The van der Waals surface area contributed by atoms with Gasteiger partial charge in [-0.25, -0.2) is 13.1 Å². The van der Waals surface area contributed by atoms with Gasteiger partial charge in [0.2, 0.25) is 10.0 Å². The van der Waals surface area contributed by atoms with Crippen molar-refractivity contribution in [2.45, 2.75) is 30.2 Å². The zero-order valence-corrected chi connectivity index (χ0v) is 16.1. The Bertz CT molecular complexity index is 977. The average molecular weight is 396 g/mol. The van der Waals surface area contributed by atoms with Crippen LogP contribution >= 0.6 is 12.4 Å². The Morgan fingerprint density at radius 3 is 2.73 bits per heavy atom. The first-order valence-electron chi connectivity index (χ1n) is 8.50. The number of benzene rings is 2. The first kappa shape index (κ1) is 19.1. The summed E-state index contributed by atoms with van der Waals surface area (Å²) in [4.78, 5) is 14.1. The van der Waals surface area contributed by atoms with Crippen molar-refractivity contribution in [3.63, 3.8) is 0 Å². The Hall–Kier alpha value is -1.67. The highest BCUT2D eigenvalue weighted by Crippen LogP contribution is 2.39. The maximum absolute atomic E-state index is 13.0. The number of anilines is 1. The van der Waals surface area contributed by atoms with E-state index in [4.69, 9.17) is 5.73 Å². The van der Waals surface area contributed by atoms with Gasteiger partial charge in [-0.2, -0.15) is 0 Å². The molecule has 0 spiro atoms. The second-order valence-electron chi connectivity index (χ2n) is 6.83. The fraction of sp³-hybridized carbons (Fsp3) is 0.389. The minimum Gasteiger partial charge on any atom is -0.330 e. The van der Waals surface area contributed by atoms with Gasteiger partial charge in [-0.05, 0) is 43.5 Å². The van der Waals surface area contributed by atoms with Crippen LogP contribution in [-0.2, 0) is 10.0 Å². The van der Waals surface area contributed by atoms with Gasteiger partial charge >= 0.3 is 0 Å². The number of sulfonamides is 1. The van der Waals surface area contributed by atoms with E-state index >= 15 is 0 Å². The van der Waals surface area contributed by atoms with Gasteiger partial charge < -0.3 is 10.6 Å². The standard InChI is InChI=1S/C18H21N3O3S.ClH/c1-21-15-8-9-16(12-5-3-6-13(17(12)15)18(21)22)25(23,24)20-14-7-2-4-11(14)10-19;/h3,5-6,8-9,11,14,20H,2,4,7,10,19H2,1H3;1H. The van der Waals surface area contributed by atoms with Crippen LogP contribution in [0.25, 0.3) is 10.8 Å². The molecule has 2 aromatic carbocycles. The average Bonchev–Trinajstić information content (AvgIpc) is 3.14. The van der Waals surface area contributed by atoms with Crippen LogP contribution < -0.4 is 15.4 Å². The highest BCUT2D eigenvalue weighted by Gasteiger charge is 2.33. The normalized spacial score (nSPS) is 22.1. The fourth-order valence-electron chi connectivity index (χ4n) is 4.08. The molecule has 1 aliphatic carbocycles. The number of carbonyl (C=O) groups is 1. The van der Waals surface area contributed by atoms with Crippen LogP contribution in [0.1, 0.15) is 29.6 Å². The molecule has 26 heavy (non-hydrogen) atoms. The van der Waals surface area contributed by atoms with Crippen LogP contribution in [0.4, 0.5) is 5.69 Å². The van der Waals surface area contributed by atoms with E-state index in [1.807, 2.05) is 0 Å². The molecule has 1 heterocycles. The summed E-state index contributed by atoms with van der Waals surface area (Å²) < 4.78 is 28.9. The van der Waals surface area contributed by atoms with Gasteiger partial charge in [-0.1, -0.05) is 18.6 Å². The molecule has 0 bridgehead atoms. The lowest BCUT2D eigenvalue weighted by atomic mass is 10.1. The zero-order valence-electron chi connectivity index (χ0n) is 14.4. The smallest absolute Gasteiger partial charge is 0.258 e. The Morgan fingerprint density at radius 1 is 1.23 bits per heavy atom. The second kappa shape index (κ2) is 6.81. The second-order valence-corrected chi connectivity index (χ2v) is 8.51. The zero-order chi connectivity index (χ0) is 17.8. The molecule has 2 aliphatic rings. The molecule has 140 valence electrons. The van der Waals surface area contributed by atoms with Gasteiger partial charge in [0, 0.05) is 29.4 Å². The number of rotatable bonds is 4. The van der Waals surface area contributed by atoms with Crippen molar-refractivity contribution in [2.24, 2.45) is 11.7 Å². The van der Waals surface area contributed by atoms with Crippen molar-refractivity contribution in [3.05, 3.63) is 35.9 Å². The van der Waals surface area contributed by atoms with Gasteiger partial charge in [-0.3, -0.25) is 4.79 Å². The third kappa shape index (κ3) is 2.79. The number of hydrogen-bond donors (Lipinski definition) is 2. The summed E-state index contributed by atoms with van der Waals surface area (Å²) in [5.74, 6) is 0.0707. The molecule has 3 N–H and O–H groups in total. The van der Waals surface area contributed by atoms with Gasteiger partial charge in [0.25, 0.3) is 5.91 Å². The molecule has 6 nitrogen and oxygen atoms in total. The predicted molar refractivity (Wildman–Crippen MR) is 104 cm³/mol. The van der Waals surface area contributed by atoms with Gasteiger partial charge in [0.1, 0.15) is 0 Å². The quantitative estimate of drug-likeness (QED) is 0.830. The van der Waals surface area contributed by atoms with Gasteiger partial charge in [0.05, 0.1) is 10.6 Å². The highest BCUT2D eigenvalue weighted by atomic mass is 35.5. The minimum atomic E-state index is -3.69. The number of hydrogen-bond acceptors (Lipinski definition) is 4. The van der Waals surface area contributed by atoms with Gasteiger partial charge in [0.15, 0.2) is 0 Å². The van der Waals surface area contributed by atoms with E-state index < -0.39 is 10.0 Å². The van der Waals surface area contributed by atoms with Crippen LogP contribution in [0.15, 0.2) is 35.2 Å². The molecule has 2 aromatic rings. The lowest BCUT2D eigenvalue weighted by Crippen LogP contribution is -2.39. The largest absolute Gasteiger partial charge is 0.330 e. The van der Waals surface area contributed by atoms with Crippen molar-refractivity contribution in [2.75, 3.05) is 18.5 Å². The number of nitrogens with one attached hydrogen (secondary N) is 1. The Labute approximate surface area is 159 Å². The van der Waals surface area contributed by atoms with Crippen molar-refractivity contribution < 1.29 is 13.2 Å². The number of halogens is 1. The fourth-order valence-corrected chi connectivity index (χ4v) is 5.62. The first-order chi connectivity index (χ1) is 11.9. The lowest BCUT2D eigenvalue weighted by molar-refractivity contribution is 0.0999. The number of carbonyl (C=O) groups excluding carboxylic acids is 1. The molecule has 0 radical (unpaired) electrons. The Morgan fingerprint density at radius 2 is 2.00 bits per heavy atom. The van der Waals surface area contributed by atoms with Crippen LogP contribution in [-0.4, -0.2) is 34.0 Å². The number of nitrogens with zero attached hydrogens (tertiary/aromatic N) is 1. The molecule has 1 saturated carbocycles. The SMILES string of the molecule is CN1C(=O)c2cccc3c(S(=O)(=O)NC4CCCC4CN)ccc1c23.Cl. The maximum Gasteiger partial charge on any atom is 0.258 e. The first-order valence-corrected chi connectivity index (χ1v) is 9.98. The summed E-state index contributed by atoms with van der Waals surface area (Å²) in [7, 11) is -1.99. The molecule has 0 aromatic heterocycles. The van der Waals surface area contributed by atoms with Crippen molar-refractivity contribution >= 4 is 44.8 Å². The van der Waals surface area contributed by atoms with Crippen LogP contribution in [0.2, 0.25) is 0 Å². The van der Waals surface area contributed by atoms with Crippen LogP contribution in [0.3, 0.4) is 0 Å². The number of nitrogens with two attached hydrogens (primary N) is 1. The van der Waals surface area contributed by atoms with E-state index in [0.717, 1.165) is 24.9 Å².